The van der Waals surface area contributed by atoms with Crippen molar-refractivity contribution in [3.8, 4) is 0 Å². The van der Waals surface area contributed by atoms with Gasteiger partial charge in [0.1, 0.15) is 5.82 Å². The van der Waals surface area contributed by atoms with Gasteiger partial charge in [-0.15, -0.1) is 0 Å². The van der Waals surface area contributed by atoms with E-state index in [2.05, 4.69) is 39.6 Å². The van der Waals surface area contributed by atoms with Crippen molar-refractivity contribution < 1.29 is 4.39 Å². The van der Waals surface area contributed by atoms with Crippen LogP contribution in [0.15, 0.2) is 22.7 Å². The predicted octanol–water partition coefficient (Wildman–Crippen LogP) is 3.00. The van der Waals surface area contributed by atoms with Crippen LogP contribution in [0.5, 0.6) is 0 Å². The van der Waals surface area contributed by atoms with Crippen LogP contribution < -0.4 is 5.73 Å². The fourth-order valence-electron chi connectivity index (χ4n) is 3.33. The number of likely N-dealkylation sites (tertiary alicyclic amines) is 1. The highest BCUT2D eigenvalue weighted by molar-refractivity contribution is 9.10. The Morgan fingerprint density at radius 2 is 2.14 bits per heavy atom. The number of nitrogens with zero attached hydrogens (tertiary/aromatic N) is 2. The van der Waals surface area contributed by atoms with Crippen molar-refractivity contribution in [2.45, 2.75) is 32.4 Å². The van der Waals surface area contributed by atoms with Crippen molar-refractivity contribution >= 4 is 15.9 Å². The Balaban J connectivity index is 2.12. The number of hydrogen-bond acceptors (Lipinski definition) is 3. The average Bonchev–Trinajstić information content (AvgIpc) is 2.93. The molecule has 21 heavy (non-hydrogen) atoms. The summed E-state index contributed by atoms with van der Waals surface area (Å²) in [6, 6.07) is 5.79. The zero-order chi connectivity index (χ0) is 15.4. The van der Waals surface area contributed by atoms with Crippen molar-refractivity contribution in [1.82, 2.24) is 9.80 Å². The summed E-state index contributed by atoms with van der Waals surface area (Å²) in [6.07, 6.45) is 1.14. The molecular weight excluding hydrogens is 333 g/mol. The molecule has 2 atom stereocenters. The lowest BCUT2D eigenvalue weighted by molar-refractivity contribution is 0.188. The van der Waals surface area contributed by atoms with Gasteiger partial charge in [-0.25, -0.2) is 4.39 Å². The third-order valence-electron chi connectivity index (χ3n) is 4.51. The number of rotatable bonds is 6. The molecule has 1 saturated heterocycles. The van der Waals surface area contributed by atoms with Gasteiger partial charge in [0.05, 0.1) is 0 Å². The van der Waals surface area contributed by atoms with Crippen LogP contribution in [0.25, 0.3) is 0 Å². The highest BCUT2D eigenvalue weighted by atomic mass is 79.9. The molecule has 1 fully saturated rings. The molecule has 1 aliphatic heterocycles. The molecule has 118 valence electrons. The maximum atomic E-state index is 14.2. The molecule has 0 radical (unpaired) electrons. The van der Waals surface area contributed by atoms with E-state index in [1.807, 2.05) is 12.1 Å². The number of halogens is 2. The van der Waals surface area contributed by atoms with Crippen molar-refractivity contribution in [3.05, 3.63) is 34.1 Å². The minimum absolute atomic E-state index is 0.0290. The van der Waals surface area contributed by atoms with Crippen LogP contribution in [-0.4, -0.2) is 48.6 Å². The second-order valence-corrected chi connectivity index (χ2v) is 6.49. The zero-order valence-corrected chi connectivity index (χ0v) is 14.4. The molecule has 0 aromatic heterocycles. The van der Waals surface area contributed by atoms with Crippen LogP contribution in [0.4, 0.5) is 4.39 Å². The van der Waals surface area contributed by atoms with Crippen LogP contribution in [0.1, 0.15) is 31.9 Å². The van der Waals surface area contributed by atoms with E-state index in [0.717, 1.165) is 37.1 Å². The molecule has 2 rings (SSSR count). The molecule has 1 aromatic carbocycles. The quantitative estimate of drug-likeness (QED) is 0.849. The maximum Gasteiger partial charge on any atom is 0.129 e. The van der Waals surface area contributed by atoms with E-state index in [9.17, 15) is 4.39 Å². The third-order valence-corrected chi connectivity index (χ3v) is 5.00. The highest BCUT2D eigenvalue weighted by Gasteiger charge is 2.31. The molecule has 5 heteroatoms. The fourth-order valence-corrected chi connectivity index (χ4v) is 3.67. The van der Waals surface area contributed by atoms with Gasteiger partial charge < -0.3 is 5.73 Å². The van der Waals surface area contributed by atoms with E-state index in [0.29, 0.717) is 18.2 Å². The molecule has 1 aliphatic rings. The van der Waals surface area contributed by atoms with E-state index in [1.165, 1.54) is 6.07 Å². The fraction of sp³-hybridized carbons (Fsp3) is 0.625. The summed E-state index contributed by atoms with van der Waals surface area (Å²) in [7, 11) is 0. The summed E-state index contributed by atoms with van der Waals surface area (Å²) in [5.41, 5.74) is 6.65. The van der Waals surface area contributed by atoms with Crippen LogP contribution >= 0.6 is 15.9 Å². The maximum absolute atomic E-state index is 14.2. The molecule has 1 aromatic rings. The van der Waals surface area contributed by atoms with Gasteiger partial charge >= 0.3 is 0 Å². The Morgan fingerprint density at radius 3 is 2.71 bits per heavy atom. The van der Waals surface area contributed by atoms with Crippen molar-refractivity contribution in [2.24, 2.45) is 5.73 Å². The Morgan fingerprint density at radius 1 is 1.43 bits per heavy atom. The van der Waals surface area contributed by atoms with Gasteiger partial charge in [0.15, 0.2) is 0 Å². The van der Waals surface area contributed by atoms with Gasteiger partial charge in [0.2, 0.25) is 0 Å². The summed E-state index contributed by atoms with van der Waals surface area (Å²) in [5, 5.41) is 0. The normalized spacial score (nSPS) is 21.1. The molecule has 0 aliphatic carbocycles. The Labute approximate surface area is 135 Å². The highest BCUT2D eigenvalue weighted by Crippen LogP contribution is 2.29. The van der Waals surface area contributed by atoms with Crippen molar-refractivity contribution in [1.29, 1.82) is 0 Å². The Bertz CT molecular complexity index is 465. The first-order chi connectivity index (χ1) is 10.1. The monoisotopic (exact) mass is 357 g/mol. The second kappa shape index (κ2) is 7.68. The van der Waals surface area contributed by atoms with Crippen molar-refractivity contribution in [2.75, 3.05) is 32.7 Å². The molecule has 2 unspecified atom stereocenters. The second-order valence-electron chi connectivity index (χ2n) is 5.58. The van der Waals surface area contributed by atoms with Gasteiger partial charge in [-0.3, -0.25) is 9.80 Å². The van der Waals surface area contributed by atoms with Gasteiger partial charge in [0.25, 0.3) is 0 Å². The number of hydrogen-bond donors (Lipinski definition) is 1. The third kappa shape index (κ3) is 3.83. The first-order valence-electron chi connectivity index (χ1n) is 7.73. The standard InChI is InChI=1S/C16H25BrFN3/c1-3-20(4-2)13-7-8-21(11-13)16(10-19)14-6-5-12(17)9-15(14)18/h5-6,9,13,16H,3-4,7-8,10-11,19H2,1-2H3. The molecule has 0 bridgehead atoms. The van der Waals surface area contributed by atoms with E-state index in [4.69, 9.17) is 5.73 Å². The topological polar surface area (TPSA) is 32.5 Å². The molecule has 3 nitrogen and oxygen atoms in total. The minimum atomic E-state index is -0.175. The SMILES string of the molecule is CCN(CC)C1CCN(C(CN)c2ccc(Br)cc2F)C1. The molecular formula is C16H25BrFN3. The summed E-state index contributed by atoms with van der Waals surface area (Å²) >= 11 is 3.31. The minimum Gasteiger partial charge on any atom is -0.329 e. The smallest absolute Gasteiger partial charge is 0.129 e. The van der Waals surface area contributed by atoms with Gasteiger partial charge in [-0.05, 0) is 31.6 Å². The predicted molar refractivity (Wildman–Crippen MR) is 88.8 cm³/mol. The summed E-state index contributed by atoms with van der Waals surface area (Å²) < 4.78 is 15.0. The van der Waals surface area contributed by atoms with Gasteiger partial charge in [0, 0.05) is 41.8 Å². The van der Waals surface area contributed by atoms with Crippen LogP contribution in [0.3, 0.4) is 0 Å². The first kappa shape index (κ1) is 16.9. The van der Waals surface area contributed by atoms with E-state index >= 15 is 0 Å². The molecule has 2 N–H and O–H groups in total. The lowest BCUT2D eigenvalue weighted by atomic mass is 10.1. The molecule has 1 heterocycles. The number of likely N-dealkylation sites (N-methyl/N-ethyl adjacent to an activating group) is 1. The summed E-state index contributed by atoms with van der Waals surface area (Å²) in [5.74, 6) is -0.175. The van der Waals surface area contributed by atoms with Gasteiger partial charge in [-0.2, -0.15) is 0 Å². The average molecular weight is 358 g/mol. The largest absolute Gasteiger partial charge is 0.329 e. The van der Waals surface area contributed by atoms with Gasteiger partial charge in [-0.1, -0.05) is 35.8 Å². The lowest BCUT2D eigenvalue weighted by Crippen LogP contribution is -2.39. The Kier molecular flexibility index (Phi) is 6.17. The number of benzene rings is 1. The molecule has 0 spiro atoms. The lowest BCUT2D eigenvalue weighted by Gasteiger charge is -2.30. The zero-order valence-electron chi connectivity index (χ0n) is 12.9. The number of nitrogens with two attached hydrogens (primary N) is 1. The van der Waals surface area contributed by atoms with Crippen molar-refractivity contribution in [3.63, 3.8) is 0 Å². The summed E-state index contributed by atoms with van der Waals surface area (Å²) in [4.78, 5) is 4.81. The first-order valence-corrected chi connectivity index (χ1v) is 8.53. The van der Waals surface area contributed by atoms with Crippen LogP contribution in [-0.2, 0) is 0 Å². The molecule has 0 saturated carbocycles. The van der Waals surface area contributed by atoms with E-state index in [-0.39, 0.29) is 11.9 Å². The summed E-state index contributed by atoms with van der Waals surface area (Å²) in [6.45, 7) is 8.92. The van der Waals surface area contributed by atoms with Crippen LogP contribution in [0, 0.1) is 5.82 Å². The Hall–Kier alpha value is -0.490. The molecule has 0 amide bonds. The van der Waals surface area contributed by atoms with E-state index in [1.54, 1.807) is 0 Å². The van der Waals surface area contributed by atoms with Crippen LogP contribution in [0.2, 0.25) is 0 Å². The van der Waals surface area contributed by atoms with E-state index < -0.39 is 0 Å².